The van der Waals surface area contributed by atoms with Crippen LogP contribution in [0, 0.1) is 0 Å². The Balaban J connectivity index is 2.06. The minimum atomic E-state index is -1.34. The minimum Gasteiger partial charge on any atom is -0.293 e. The van der Waals surface area contributed by atoms with Crippen LogP contribution in [0.15, 0.2) is 53.4 Å². The third-order valence-corrected chi connectivity index (χ3v) is 4.60. The number of Topliss-reactive ketones (excluding diaryl/α,β-unsaturated/α-hetero) is 1. The Morgan fingerprint density at radius 3 is 2.20 bits per heavy atom. The van der Waals surface area contributed by atoms with Gasteiger partial charge in [0.25, 0.3) is 0 Å². The molecule has 104 valence electrons. The van der Waals surface area contributed by atoms with Gasteiger partial charge >= 0.3 is 0 Å². The lowest BCUT2D eigenvalue weighted by Crippen LogP contribution is -2.11. The van der Waals surface area contributed by atoms with Gasteiger partial charge in [-0.2, -0.15) is 0 Å². The number of halogens is 1. The van der Waals surface area contributed by atoms with E-state index in [2.05, 4.69) is 6.92 Å². The van der Waals surface area contributed by atoms with E-state index in [1.165, 1.54) is 5.56 Å². The van der Waals surface area contributed by atoms with Crippen molar-refractivity contribution in [2.75, 3.05) is 5.75 Å². The maximum Gasteiger partial charge on any atom is 0.175 e. The summed E-state index contributed by atoms with van der Waals surface area (Å²) >= 11 is 5.78. The molecule has 1 atom stereocenters. The highest BCUT2D eigenvalue weighted by molar-refractivity contribution is 7.85. The van der Waals surface area contributed by atoms with Crippen LogP contribution < -0.4 is 0 Å². The van der Waals surface area contributed by atoms with Crippen molar-refractivity contribution in [1.82, 2.24) is 0 Å². The summed E-state index contributed by atoms with van der Waals surface area (Å²) in [6, 6.07) is 14.2. The molecule has 0 saturated carbocycles. The quantitative estimate of drug-likeness (QED) is 0.785. The zero-order valence-electron chi connectivity index (χ0n) is 11.1. The smallest absolute Gasteiger partial charge is 0.175 e. The Hall–Kier alpha value is -1.45. The van der Waals surface area contributed by atoms with Crippen LogP contribution in [-0.2, 0) is 17.2 Å². The Kier molecular flexibility index (Phi) is 5.10. The van der Waals surface area contributed by atoms with E-state index >= 15 is 0 Å². The van der Waals surface area contributed by atoms with Crippen molar-refractivity contribution in [2.45, 2.75) is 18.2 Å². The highest BCUT2D eigenvalue weighted by Crippen LogP contribution is 2.14. The average Bonchev–Trinajstić information content (AvgIpc) is 2.48. The van der Waals surface area contributed by atoms with Gasteiger partial charge in [-0.1, -0.05) is 42.8 Å². The van der Waals surface area contributed by atoms with Gasteiger partial charge in [0.05, 0.1) is 16.6 Å². The molecule has 2 aromatic rings. The van der Waals surface area contributed by atoms with Crippen molar-refractivity contribution in [3.63, 3.8) is 0 Å². The second kappa shape index (κ2) is 6.82. The summed E-state index contributed by atoms with van der Waals surface area (Å²) in [5.41, 5.74) is 1.78. The van der Waals surface area contributed by atoms with E-state index < -0.39 is 10.8 Å². The van der Waals surface area contributed by atoms with E-state index in [4.69, 9.17) is 11.6 Å². The van der Waals surface area contributed by atoms with Gasteiger partial charge in [0.2, 0.25) is 0 Å². The number of hydrogen-bond acceptors (Lipinski definition) is 2. The van der Waals surface area contributed by atoms with E-state index in [9.17, 15) is 9.00 Å². The van der Waals surface area contributed by atoms with Crippen molar-refractivity contribution >= 4 is 28.2 Å². The summed E-state index contributed by atoms with van der Waals surface area (Å²) < 4.78 is 12.1. The largest absolute Gasteiger partial charge is 0.293 e. The van der Waals surface area contributed by atoms with Crippen LogP contribution in [0.2, 0.25) is 5.02 Å². The fourth-order valence-corrected chi connectivity index (χ4v) is 2.94. The molecule has 0 aliphatic carbocycles. The van der Waals surface area contributed by atoms with Gasteiger partial charge in [0.1, 0.15) is 0 Å². The van der Waals surface area contributed by atoms with Crippen LogP contribution in [0.25, 0.3) is 0 Å². The zero-order chi connectivity index (χ0) is 14.5. The molecule has 0 spiro atoms. The first kappa shape index (κ1) is 14.9. The molecule has 0 amide bonds. The summed E-state index contributed by atoms with van der Waals surface area (Å²) in [4.78, 5) is 12.7. The maximum atomic E-state index is 12.1. The molecule has 1 unspecified atom stereocenters. The molecule has 0 heterocycles. The lowest BCUT2D eigenvalue weighted by molar-refractivity contribution is 0.102. The molecule has 0 saturated heterocycles. The van der Waals surface area contributed by atoms with Crippen LogP contribution >= 0.6 is 11.6 Å². The molecule has 0 aliphatic heterocycles. The molecule has 0 radical (unpaired) electrons. The number of benzene rings is 2. The van der Waals surface area contributed by atoms with Crippen LogP contribution in [0.5, 0.6) is 0 Å². The van der Waals surface area contributed by atoms with E-state index in [0.717, 1.165) is 6.42 Å². The number of hydrogen-bond donors (Lipinski definition) is 0. The molecule has 0 fully saturated rings. The van der Waals surface area contributed by atoms with Crippen LogP contribution in [0.1, 0.15) is 22.8 Å². The Morgan fingerprint density at radius 1 is 1.05 bits per heavy atom. The second-order valence-corrected chi connectivity index (χ2v) is 6.30. The monoisotopic (exact) mass is 306 g/mol. The number of rotatable bonds is 5. The topological polar surface area (TPSA) is 34.1 Å². The number of carbonyl (C=O) groups is 1. The van der Waals surface area contributed by atoms with Gasteiger partial charge in [0, 0.05) is 15.5 Å². The van der Waals surface area contributed by atoms with Crippen molar-refractivity contribution in [3.05, 3.63) is 64.7 Å². The van der Waals surface area contributed by atoms with Crippen molar-refractivity contribution < 1.29 is 9.00 Å². The summed E-state index contributed by atoms with van der Waals surface area (Å²) in [7, 11) is -1.34. The summed E-state index contributed by atoms with van der Waals surface area (Å²) in [6.45, 7) is 2.06. The first-order chi connectivity index (χ1) is 9.60. The van der Waals surface area contributed by atoms with Crippen LogP contribution in [0.4, 0.5) is 0 Å². The predicted octanol–water partition coefficient (Wildman–Crippen LogP) is 3.89. The molecule has 2 aromatic carbocycles. The fourth-order valence-electron chi connectivity index (χ4n) is 1.80. The first-order valence-electron chi connectivity index (χ1n) is 6.36. The molecule has 2 rings (SSSR count). The summed E-state index contributed by atoms with van der Waals surface area (Å²) in [6.07, 6.45) is 0.936. The number of ketones is 1. The number of aryl methyl sites for hydroxylation is 1. The molecule has 0 aromatic heterocycles. The van der Waals surface area contributed by atoms with Crippen molar-refractivity contribution in [3.8, 4) is 0 Å². The summed E-state index contributed by atoms with van der Waals surface area (Å²) in [5, 5.41) is 0.590. The van der Waals surface area contributed by atoms with Gasteiger partial charge < -0.3 is 0 Å². The van der Waals surface area contributed by atoms with Gasteiger partial charge in [0.15, 0.2) is 5.78 Å². The predicted molar refractivity (Wildman–Crippen MR) is 82.9 cm³/mol. The molecule has 20 heavy (non-hydrogen) atoms. The van der Waals surface area contributed by atoms with Crippen molar-refractivity contribution in [2.24, 2.45) is 0 Å². The average molecular weight is 307 g/mol. The van der Waals surface area contributed by atoms with E-state index in [1.807, 2.05) is 12.1 Å². The maximum absolute atomic E-state index is 12.1. The lowest BCUT2D eigenvalue weighted by Gasteiger charge is -2.03. The standard InChI is InChI=1S/C16H15ClO2S/c1-2-12-3-5-13(6-4-12)16(18)11-20(19)15-9-7-14(17)8-10-15/h3-10H,2,11H2,1H3. The molecule has 0 N–H and O–H groups in total. The Bertz CT molecular complexity index is 618. The molecule has 4 heteroatoms. The molecule has 2 nitrogen and oxygen atoms in total. The first-order valence-corrected chi connectivity index (χ1v) is 8.06. The van der Waals surface area contributed by atoms with Crippen LogP contribution in [-0.4, -0.2) is 15.7 Å². The molecular weight excluding hydrogens is 292 g/mol. The highest BCUT2D eigenvalue weighted by atomic mass is 35.5. The SMILES string of the molecule is CCc1ccc(C(=O)CS(=O)c2ccc(Cl)cc2)cc1. The number of carbonyl (C=O) groups excluding carboxylic acids is 1. The third kappa shape index (κ3) is 3.78. The van der Waals surface area contributed by atoms with Gasteiger partial charge in [-0.25, -0.2) is 0 Å². The zero-order valence-corrected chi connectivity index (χ0v) is 12.7. The molecule has 0 aliphatic rings. The fraction of sp³-hybridized carbons (Fsp3) is 0.188. The van der Waals surface area contributed by atoms with Gasteiger partial charge in [-0.3, -0.25) is 9.00 Å². The second-order valence-electron chi connectivity index (χ2n) is 4.42. The van der Waals surface area contributed by atoms with Crippen molar-refractivity contribution in [1.29, 1.82) is 0 Å². The normalized spacial score (nSPS) is 12.1. The molecule has 0 bridgehead atoms. The Labute approximate surface area is 126 Å². The van der Waals surface area contributed by atoms with E-state index in [-0.39, 0.29) is 11.5 Å². The highest BCUT2D eigenvalue weighted by Gasteiger charge is 2.12. The van der Waals surface area contributed by atoms with Gasteiger partial charge in [-0.05, 0) is 36.2 Å². The van der Waals surface area contributed by atoms with Gasteiger partial charge in [-0.15, -0.1) is 0 Å². The lowest BCUT2D eigenvalue weighted by atomic mass is 10.1. The third-order valence-electron chi connectivity index (χ3n) is 3.02. The van der Waals surface area contributed by atoms with E-state index in [1.54, 1.807) is 36.4 Å². The summed E-state index contributed by atoms with van der Waals surface area (Å²) in [5.74, 6) is -0.117. The minimum absolute atomic E-state index is 0.00684. The molecular formula is C16H15ClO2S. The van der Waals surface area contributed by atoms with E-state index in [0.29, 0.717) is 15.5 Å². The Morgan fingerprint density at radius 2 is 1.65 bits per heavy atom. The van der Waals surface area contributed by atoms with Crippen LogP contribution in [0.3, 0.4) is 0 Å².